The standard InChI is InChI=1S/C17H21NO3/c1-19-16-5-4-14-8-13(2-3-15(14)9-16)10-18-11-17-12-20-6-7-21-17/h2-5,8-9,17-18H,6-7,10-12H2,1H3. The molecule has 4 heteroatoms. The quantitative estimate of drug-likeness (QED) is 0.916. The summed E-state index contributed by atoms with van der Waals surface area (Å²) in [6, 6.07) is 12.6. The molecule has 1 aliphatic heterocycles. The summed E-state index contributed by atoms with van der Waals surface area (Å²) in [6.07, 6.45) is 0.170. The Balaban J connectivity index is 1.59. The van der Waals surface area contributed by atoms with Gasteiger partial charge in [-0.2, -0.15) is 0 Å². The van der Waals surface area contributed by atoms with E-state index in [1.54, 1.807) is 7.11 Å². The lowest BCUT2D eigenvalue weighted by Crippen LogP contribution is -2.37. The molecule has 1 heterocycles. The first-order valence-electron chi connectivity index (χ1n) is 7.32. The van der Waals surface area contributed by atoms with Crippen molar-refractivity contribution in [3.05, 3.63) is 42.0 Å². The van der Waals surface area contributed by atoms with Gasteiger partial charge in [-0.3, -0.25) is 0 Å². The molecule has 2 aromatic rings. The first kappa shape index (κ1) is 14.3. The highest BCUT2D eigenvalue weighted by atomic mass is 16.6. The summed E-state index contributed by atoms with van der Waals surface area (Å²) in [5.74, 6) is 0.892. The number of rotatable bonds is 5. The van der Waals surface area contributed by atoms with E-state index in [2.05, 4.69) is 35.6 Å². The van der Waals surface area contributed by atoms with Gasteiger partial charge in [0.15, 0.2) is 0 Å². The minimum atomic E-state index is 0.170. The Labute approximate surface area is 125 Å². The van der Waals surface area contributed by atoms with E-state index in [-0.39, 0.29) is 6.10 Å². The third kappa shape index (κ3) is 3.73. The molecule has 1 N–H and O–H groups in total. The molecule has 4 nitrogen and oxygen atoms in total. The minimum absolute atomic E-state index is 0.170. The summed E-state index contributed by atoms with van der Waals surface area (Å²) in [5.41, 5.74) is 1.27. The second-order valence-corrected chi connectivity index (χ2v) is 5.25. The molecular weight excluding hydrogens is 266 g/mol. The Morgan fingerprint density at radius 1 is 1.14 bits per heavy atom. The van der Waals surface area contributed by atoms with Gasteiger partial charge in [0.1, 0.15) is 5.75 Å². The van der Waals surface area contributed by atoms with Crippen LogP contribution in [0.25, 0.3) is 10.8 Å². The number of methoxy groups -OCH3 is 1. The van der Waals surface area contributed by atoms with Crippen LogP contribution >= 0.6 is 0 Å². The highest BCUT2D eigenvalue weighted by Gasteiger charge is 2.13. The molecule has 0 bridgehead atoms. The predicted octanol–water partition coefficient (Wildman–Crippen LogP) is 2.35. The Morgan fingerprint density at radius 3 is 2.81 bits per heavy atom. The van der Waals surface area contributed by atoms with Gasteiger partial charge in [0, 0.05) is 13.1 Å². The van der Waals surface area contributed by atoms with Crippen LogP contribution in [-0.2, 0) is 16.0 Å². The van der Waals surface area contributed by atoms with Crippen LogP contribution in [0.1, 0.15) is 5.56 Å². The van der Waals surface area contributed by atoms with Crippen LogP contribution in [0, 0.1) is 0 Å². The van der Waals surface area contributed by atoms with Crippen LogP contribution in [0.5, 0.6) is 5.75 Å². The molecule has 1 saturated heterocycles. The Hall–Kier alpha value is -1.62. The van der Waals surface area contributed by atoms with Crippen molar-refractivity contribution in [3.8, 4) is 5.75 Å². The van der Waals surface area contributed by atoms with Crippen LogP contribution < -0.4 is 10.1 Å². The monoisotopic (exact) mass is 287 g/mol. The van der Waals surface area contributed by atoms with Gasteiger partial charge >= 0.3 is 0 Å². The molecule has 0 aliphatic carbocycles. The summed E-state index contributed by atoms with van der Waals surface area (Å²) < 4.78 is 16.2. The van der Waals surface area contributed by atoms with E-state index < -0.39 is 0 Å². The van der Waals surface area contributed by atoms with E-state index in [0.717, 1.165) is 18.8 Å². The second kappa shape index (κ2) is 6.89. The molecule has 1 fully saturated rings. The van der Waals surface area contributed by atoms with Gasteiger partial charge in [0.05, 0.1) is 33.0 Å². The Morgan fingerprint density at radius 2 is 2.00 bits per heavy atom. The average molecular weight is 287 g/mol. The van der Waals surface area contributed by atoms with Gasteiger partial charge < -0.3 is 19.5 Å². The predicted molar refractivity (Wildman–Crippen MR) is 82.8 cm³/mol. The van der Waals surface area contributed by atoms with Gasteiger partial charge in [0.25, 0.3) is 0 Å². The maximum absolute atomic E-state index is 5.61. The fourth-order valence-corrected chi connectivity index (χ4v) is 2.54. The van der Waals surface area contributed by atoms with Crippen LogP contribution in [0.15, 0.2) is 36.4 Å². The molecule has 112 valence electrons. The molecule has 1 aliphatic rings. The fraction of sp³-hybridized carbons (Fsp3) is 0.412. The highest BCUT2D eigenvalue weighted by molar-refractivity contribution is 5.84. The number of hydrogen-bond donors (Lipinski definition) is 1. The summed E-state index contributed by atoms with van der Waals surface area (Å²) in [7, 11) is 1.69. The lowest BCUT2D eigenvalue weighted by molar-refractivity contribution is -0.0864. The Bertz CT molecular complexity index is 594. The van der Waals surface area contributed by atoms with Crippen molar-refractivity contribution < 1.29 is 14.2 Å². The number of ether oxygens (including phenoxy) is 3. The zero-order chi connectivity index (χ0) is 14.5. The molecule has 0 spiro atoms. The van der Waals surface area contributed by atoms with Crippen molar-refractivity contribution in [2.24, 2.45) is 0 Å². The van der Waals surface area contributed by atoms with Crippen molar-refractivity contribution in [3.63, 3.8) is 0 Å². The van der Waals surface area contributed by atoms with E-state index in [4.69, 9.17) is 14.2 Å². The van der Waals surface area contributed by atoms with Gasteiger partial charge in [0.2, 0.25) is 0 Å². The lowest BCUT2D eigenvalue weighted by Gasteiger charge is -2.23. The number of nitrogens with one attached hydrogen (secondary N) is 1. The highest BCUT2D eigenvalue weighted by Crippen LogP contribution is 2.21. The molecular formula is C17H21NO3. The Kier molecular flexibility index (Phi) is 4.70. The van der Waals surface area contributed by atoms with Gasteiger partial charge in [-0.15, -0.1) is 0 Å². The van der Waals surface area contributed by atoms with Crippen molar-refractivity contribution in [2.75, 3.05) is 33.5 Å². The normalized spacial score (nSPS) is 18.8. The van der Waals surface area contributed by atoms with Crippen molar-refractivity contribution in [2.45, 2.75) is 12.6 Å². The molecule has 0 aromatic heterocycles. The lowest BCUT2D eigenvalue weighted by atomic mass is 10.1. The number of hydrogen-bond acceptors (Lipinski definition) is 4. The minimum Gasteiger partial charge on any atom is -0.497 e. The molecule has 1 atom stereocenters. The van der Waals surface area contributed by atoms with Gasteiger partial charge in [-0.25, -0.2) is 0 Å². The molecule has 2 aromatic carbocycles. The van der Waals surface area contributed by atoms with Crippen LogP contribution in [0.3, 0.4) is 0 Å². The molecule has 21 heavy (non-hydrogen) atoms. The first-order valence-corrected chi connectivity index (χ1v) is 7.32. The average Bonchev–Trinajstić information content (AvgIpc) is 2.55. The smallest absolute Gasteiger partial charge is 0.119 e. The summed E-state index contributed by atoms with van der Waals surface area (Å²) in [5, 5.41) is 5.85. The van der Waals surface area contributed by atoms with E-state index in [1.807, 2.05) is 6.07 Å². The molecule has 3 rings (SSSR count). The third-order valence-corrected chi connectivity index (χ3v) is 3.70. The fourth-order valence-electron chi connectivity index (χ4n) is 2.54. The van der Waals surface area contributed by atoms with E-state index >= 15 is 0 Å². The number of fused-ring (bicyclic) bond motifs is 1. The first-order chi connectivity index (χ1) is 10.3. The summed E-state index contributed by atoms with van der Waals surface area (Å²) >= 11 is 0. The molecule has 0 amide bonds. The molecule has 0 radical (unpaired) electrons. The number of benzene rings is 2. The topological polar surface area (TPSA) is 39.7 Å². The SMILES string of the molecule is COc1ccc2cc(CNCC3COCCO3)ccc2c1. The largest absolute Gasteiger partial charge is 0.497 e. The summed E-state index contributed by atoms with van der Waals surface area (Å²) in [6.45, 7) is 3.75. The van der Waals surface area contributed by atoms with Crippen LogP contribution in [-0.4, -0.2) is 39.6 Å². The van der Waals surface area contributed by atoms with Gasteiger partial charge in [-0.1, -0.05) is 18.2 Å². The molecule has 0 saturated carbocycles. The van der Waals surface area contributed by atoms with E-state index in [9.17, 15) is 0 Å². The second-order valence-electron chi connectivity index (χ2n) is 5.25. The van der Waals surface area contributed by atoms with Crippen molar-refractivity contribution in [1.29, 1.82) is 0 Å². The van der Waals surface area contributed by atoms with Gasteiger partial charge in [-0.05, 0) is 34.5 Å². The maximum Gasteiger partial charge on any atom is 0.119 e. The molecule has 1 unspecified atom stereocenters. The van der Waals surface area contributed by atoms with Crippen molar-refractivity contribution >= 4 is 10.8 Å². The zero-order valence-electron chi connectivity index (χ0n) is 12.3. The van der Waals surface area contributed by atoms with Crippen LogP contribution in [0.2, 0.25) is 0 Å². The van der Waals surface area contributed by atoms with E-state index in [0.29, 0.717) is 19.8 Å². The third-order valence-electron chi connectivity index (χ3n) is 3.70. The summed E-state index contributed by atoms with van der Waals surface area (Å²) in [4.78, 5) is 0. The van der Waals surface area contributed by atoms with E-state index in [1.165, 1.54) is 16.3 Å². The zero-order valence-corrected chi connectivity index (χ0v) is 12.3. The van der Waals surface area contributed by atoms with Crippen molar-refractivity contribution in [1.82, 2.24) is 5.32 Å². The van der Waals surface area contributed by atoms with Crippen LogP contribution in [0.4, 0.5) is 0 Å². The maximum atomic E-state index is 5.61.